The Hall–Kier alpha value is -3.85. The summed E-state index contributed by atoms with van der Waals surface area (Å²) < 4.78 is 2.44. The largest absolute Gasteiger partial charge is 0.294 e. The number of hydrogen-bond donors (Lipinski definition) is 0. The average Bonchev–Trinajstić information content (AvgIpc) is 3.44. The second-order valence-corrected chi connectivity index (χ2v) is 13.2. The molecule has 2 nitrogen and oxygen atoms in total. The Morgan fingerprint density at radius 1 is 0.533 bits per heavy atom. The minimum atomic E-state index is 0.753. The minimum Gasteiger partial charge on any atom is -0.294 e. The van der Waals surface area contributed by atoms with Gasteiger partial charge in [-0.15, -0.1) is 0 Å². The van der Waals surface area contributed by atoms with Crippen molar-refractivity contribution in [1.29, 1.82) is 0 Å². The lowest BCUT2D eigenvalue weighted by Gasteiger charge is -2.18. The number of aryl methyl sites for hydroxylation is 2. The first-order chi connectivity index (χ1) is 22.0. The van der Waals surface area contributed by atoms with Gasteiger partial charge >= 0.3 is 0 Å². The second-order valence-electron chi connectivity index (χ2n) is 12.3. The zero-order valence-corrected chi connectivity index (χ0v) is 27.6. The van der Waals surface area contributed by atoms with Gasteiger partial charge in [-0.2, -0.15) is 0 Å². The molecule has 0 atom stereocenters. The first kappa shape index (κ1) is 29.8. The number of benzene rings is 4. The van der Waals surface area contributed by atoms with Gasteiger partial charge in [0.15, 0.2) is 0 Å². The summed E-state index contributed by atoms with van der Waals surface area (Å²) in [4.78, 5) is 5.42. The van der Waals surface area contributed by atoms with Crippen molar-refractivity contribution >= 4 is 61.6 Å². The molecule has 3 heterocycles. The summed E-state index contributed by atoms with van der Waals surface area (Å²) in [6.45, 7) is 4.57. The zero-order chi connectivity index (χ0) is 30.9. The van der Waals surface area contributed by atoms with Crippen molar-refractivity contribution in [2.24, 2.45) is 0 Å². The van der Waals surface area contributed by atoms with Gasteiger partial charge in [0.2, 0.25) is 0 Å². The maximum absolute atomic E-state index is 6.20. The molecule has 7 rings (SSSR count). The molecule has 4 aromatic carbocycles. The van der Waals surface area contributed by atoms with Crippen LogP contribution >= 0.6 is 23.2 Å². The maximum Gasteiger partial charge on any atom is 0.145 e. The first-order valence-corrected chi connectivity index (χ1v) is 17.1. The SMILES string of the molecule is CCCCCc1c(CCCCC)c2cc3cc(-c4ccc(Cl)cc4)ccc3n2c2nc3ccc(-c4ccc(Cl)cc4)cc3cc12. The van der Waals surface area contributed by atoms with Crippen LogP contribution in [0, 0.1) is 0 Å². The number of nitrogens with zero attached hydrogens (tertiary/aromatic N) is 2. The number of rotatable bonds is 10. The van der Waals surface area contributed by atoms with E-state index in [0.717, 1.165) is 39.6 Å². The molecular formula is C41H38Cl2N2. The Bertz CT molecular complexity index is 2140. The molecule has 4 heteroatoms. The van der Waals surface area contributed by atoms with Gasteiger partial charge < -0.3 is 0 Å². The third-order valence-corrected chi connectivity index (χ3v) is 9.73. The highest BCUT2D eigenvalue weighted by molar-refractivity contribution is 6.31. The summed E-state index contributed by atoms with van der Waals surface area (Å²) >= 11 is 12.4. The third kappa shape index (κ3) is 5.83. The van der Waals surface area contributed by atoms with E-state index in [0.29, 0.717) is 0 Å². The predicted octanol–water partition coefficient (Wildman–Crippen LogP) is 12.9. The molecule has 0 radical (unpaired) electrons. The van der Waals surface area contributed by atoms with Crippen LogP contribution in [0.4, 0.5) is 0 Å². The minimum absolute atomic E-state index is 0.753. The fraction of sp³-hybridized carbons (Fsp3) is 0.244. The van der Waals surface area contributed by atoms with E-state index in [2.05, 4.69) is 91.0 Å². The Morgan fingerprint density at radius 3 is 1.71 bits per heavy atom. The van der Waals surface area contributed by atoms with E-state index >= 15 is 0 Å². The molecule has 0 amide bonds. The molecule has 3 aromatic heterocycles. The summed E-state index contributed by atoms with van der Waals surface area (Å²) in [5, 5.41) is 5.21. The number of unbranched alkanes of at least 4 members (excludes halogenated alkanes) is 4. The molecule has 0 fully saturated rings. The number of fused-ring (bicyclic) bond motifs is 6. The van der Waals surface area contributed by atoms with Crippen LogP contribution < -0.4 is 0 Å². The Morgan fingerprint density at radius 2 is 1.09 bits per heavy atom. The highest BCUT2D eigenvalue weighted by Crippen LogP contribution is 2.37. The van der Waals surface area contributed by atoms with E-state index in [-0.39, 0.29) is 0 Å². The number of hydrogen-bond acceptors (Lipinski definition) is 1. The van der Waals surface area contributed by atoms with Gasteiger partial charge in [-0.05, 0) is 120 Å². The fourth-order valence-corrected chi connectivity index (χ4v) is 7.11. The molecule has 226 valence electrons. The van der Waals surface area contributed by atoms with Crippen LogP contribution in [-0.4, -0.2) is 9.38 Å². The smallest absolute Gasteiger partial charge is 0.145 e. The van der Waals surface area contributed by atoms with Crippen molar-refractivity contribution in [3.63, 3.8) is 0 Å². The molecule has 0 aliphatic carbocycles. The highest BCUT2D eigenvalue weighted by Gasteiger charge is 2.19. The van der Waals surface area contributed by atoms with Gasteiger partial charge in [0.25, 0.3) is 0 Å². The third-order valence-electron chi connectivity index (χ3n) is 9.22. The lowest BCUT2D eigenvalue weighted by molar-refractivity contribution is 0.696. The number of aromatic nitrogens is 2. The van der Waals surface area contributed by atoms with Gasteiger partial charge in [0.05, 0.1) is 16.6 Å². The monoisotopic (exact) mass is 628 g/mol. The van der Waals surface area contributed by atoms with Gasteiger partial charge in [-0.3, -0.25) is 4.40 Å². The van der Waals surface area contributed by atoms with Crippen LogP contribution in [0.5, 0.6) is 0 Å². The van der Waals surface area contributed by atoms with Gasteiger partial charge in [0.1, 0.15) is 5.65 Å². The molecule has 0 unspecified atom stereocenters. The first-order valence-electron chi connectivity index (χ1n) is 16.4. The normalized spacial score (nSPS) is 11.8. The summed E-state index contributed by atoms with van der Waals surface area (Å²) in [6.07, 6.45) is 9.42. The molecule has 7 aromatic rings. The van der Waals surface area contributed by atoms with E-state index in [1.807, 2.05) is 24.3 Å². The lowest BCUT2D eigenvalue weighted by atomic mass is 9.93. The van der Waals surface area contributed by atoms with Gasteiger partial charge in [-0.25, -0.2) is 4.98 Å². The maximum atomic E-state index is 6.20. The van der Waals surface area contributed by atoms with E-state index in [9.17, 15) is 0 Å². The van der Waals surface area contributed by atoms with Crippen molar-refractivity contribution in [3.8, 4) is 22.3 Å². The quantitative estimate of drug-likeness (QED) is 0.109. The van der Waals surface area contributed by atoms with E-state index in [4.69, 9.17) is 28.2 Å². The zero-order valence-electron chi connectivity index (χ0n) is 26.0. The van der Waals surface area contributed by atoms with E-state index < -0.39 is 0 Å². The molecule has 45 heavy (non-hydrogen) atoms. The van der Waals surface area contributed by atoms with Crippen LogP contribution in [0.15, 0.2) is 97.1 Å². The summed E-state index contributed by atoms with van der Waals surface area (Å²) in [6, 6.07) is 34.5. The summed E-state index contributed by atoms with van der Waals surface area (Å²) in [5.41, 5.74) is 12.3. The molecule has 0 aliphatic heterocycles. The van der Waals surface area contributed by atoms with Gasteiger partial charge in [0, 0.05) is 26.2 Å². The standard InChI is InChI=1S/C41H38Cl2N2/c1-3-5-7-9-35-36(10-8-6-4-2)40-26-32-24-30(28-13-19-34(43)20-14-28)16-22-39(32)45(40)41-37(35)25-31-23-29(15-21-38(31)44-41)27-11-17-33(42)18-12-27/h11-26H,3-10H2,1-2H3. The number of pyridine rings is 2. The van der Waals surface area contributed by atoms with Crippen molar-refractivity contribution < 1.29 is 0 Å². The average molecular weight is 630 g/mol. The van der Waals surface area contributed by atoms with E-state index in [1.165, 1.54) is 93.5 Å². The molecule has 0 spiro atoms. The molecule has 0 saturated carbocycles. The Kier molecular flexibility index (Phi) is 8.53. The van der Waals surface area contributed by atoms with Crippen LogP contribution in [0.3, 0.4) is 0 Å². The predicted molar refractivity (Wildman–Crippen MR) is 195 cm³/mol. The van der Waals surface area contributed by atoms with Crippen molar-refractivity contribution in [2.75, 3.05) is 0 Å². The summed E-state index contributed by atoms with van der Waals surface area (Å²) in [7, 11) is 0. The second kappa shape index (κ2) is 12.9. The molecule has 0 N–H and O–H groups in total. The van der Waals surface area contributed by atoms with Crippen molar-refractivity contribution in [1.82, 2.24) is 9.38 Å². The fourth-order valence-electron chi connectivity index (χ4n) is 6.85. The van der Waals surface area contributed by atoms with Crippen LogP contribution in [0.1, 0.15) is 63.5 Å². The summed E-state index contributed by atoms with van der Waals surface area (Å²) in [5.74, 6) is 0. The van der Waals surface area contributed by atoms with Crippen LogP contribution in [0.2, 0.25) is 10.0 Å². The molecule has 0 bridgehead atoms. The highest BCUT2D eigenvalue weighted by atomic mass is 35.5. The molecular weight excluding hydrogens is 591 g/mol. The van der Waals surface area contributed by atoms with E-state index in [1.54, 1.807) is 0 Å². The van der Waals surface area contributed by atoms with Crippen LogP contribution in [0.25, 0.3) is 60.6 Å². The van der Waals surface area contributed by atoms with Crippen molar-refractivity contribution in [3.05, 3.63) is 118 Å². The van der Waals surface area contributed by atoms with Gasteiger partial charge in [-0.1, -0.05) is 99.1 Å². The Balaban J connectivity index is 1.49. The molecule has 0 saturated heterocycles. The lowest BCUT2D eigenvalue weighted by Crippen LogP contribution is -2.04. The molecule has 0 aliphatic rings. The van der Waals surface area contributed by atoms with Crippen molar-refractivity contribution in [2.45, 2.75) is 65.2 Å². The van der Waals surface area contributed by atoms with Crippen LogP contribution in [-0.2, 0) is 12.8 Å². The Labute approximate surface area is 275 Å². The number of halogens is 2. The topological polar surface area (TPSA) is 17.3 Å².